The zero-order valence-corrected chi connectivity index (χ0v) is 19.0. The molecule has 2 aromatic carbocycles. The smallest absolute Gasteiger partial charge is 0.242 e. The highest BCUT2D eigenvalue weighted by Crippen LogP contribution is 2.21. The normalized spacial score (nSPS) is 12.3. The molecular formula is C24H27N3O4S. The number of benzene rings is 2. The predicted molar refractivity (Wildman–Crippen MR) is 123 cm³/mol. The molecular weight excluding hydrogens is 426 g/mol. The first-order valence-corrected chi connectivity index (χ1v) is 11.7. The third-order valence-electron chi connectivity index (χ3n) is 5.07. The number of nitrogens with one attached hydrogen (secondary N) is 1. The highest BCUT2D eigenvalue weighted by Gasteiger charge is 2.22. The summed E-state index contributed by atoms with van der Waals surface area (Å²) in [5.41, 5.74) is 1.67. The second-order valence-electron chi connectivity index (χ2n) is 7.27. The van der Waals surface area contributed by atoms with E-state index >= 15 is 0 Å². The van der Waals surface area contributed by atoms with Crippen LogP contribution in [0.1, 0.15) is 30.1 Å². The number of aromatic nitrogens is 1. The van der Waals surface area contributed by atoms with Gasteiger partial charge in [-0.05, 0) is 48.4 Å². The maximum atomic E-state index is 12.7. The lowest BCUT2D eigenvalue weighted by molar-refractivity contribution is -0.121. The molecule has 0 radical (unpaired) electrons. The minimum absolute atomic E-state index is 0.167. The third kappa shape index (κ3) is 5.93. The van der Waals surface area contributed by atoms with Gasteiger partial charge in [-0.3, -0.25) is 9.78 Å². The number of hydrogen-bond donors (Lipinski definition) is 1. The van der Waals surface area contributed by atoms with E-state index in [0.29, 0.717) is 12.2 Å². The van der Waals surface area contributed by atoms with Crippen molar-refractivity contribution in [3.8, 4) is 5.75 Å². The lowest BCUT2D eigenvalue weighted by atomic mass is 10.0. The van der Waals surface area contributed by atoms with Gasteiger partial charge in [0, 0.05) is 26.2 Å². The monoisotopic (exact) mass is 453 g/mol. The zero-order valence-electron chi connectivity index (χ0n) is 18.1. The van der Waals surface area contributed by atoms with E-state index in [1.165, 1.54) is 30.6 Å². The fraction of sp³-hybridized carbons (Fsp3) is 0.250. The van der Waals surface area contributed by atoms with Crippen molar-refractivity contribution in [2.75, 3.05) is 20.7 Å². The number of amides is 1. The van der Waals surface area contributed by atoms with Crippen molar-refractivity contribution in [1.29, 1.82) is 0 Å². The van der Waals surface area contributed by atoms with Crippen molar-refractivity contribution in [2.45, 2.75) is 23.8 Å². The van der Waals surface area contributed by atoms with Crippen molar-refractivity contribution in [3.63, 3.8) is 0 Å². The summed E-state index contributed by atoms with van der Waals surface area (Å²) >= 11 is 0. The van der Waals surface area contributed by atoms with Gasteiger partial charge < -0.3 is 10.1 Å². The molecule has 0 aliphatic rings. The van der Waals surface area contributed by atoms with Gasteiger partial charge >= 0.3 is 0 Å². The van der Waals surface area contributed by atoms with E-state index in [9.17, 15) is 13.2 Å². The van der Waals surface area contributed by atoms with Crippen LogP contribution in [0.25, 0.3) is 0 Å². The van der Waals surface area contributed by atoms with Gasteiger partial charge in [-0.1, -0.05) is 36.4 Å². The zero-order chi connectivity index (χ0) is 23.0. The Kier molecular flexibility index (Phi) is 7.97. The Balaban J connectivity index is 1.59. The Morgan fingerprint density at radius 1 is 1.03 bits per heavy atom. The van der Waals surface area contributed by atoms with E-state index in [0.717, 1.165) is 11.3 Å². The highest BCUT2D eigenvalue weighted by molar-refractivity contribution is 7.89. The molecule has 1 N–H and O–H groups in total. The fourth-order valence-corrected chi connectivity index (χ4v) is 4.47. The number of hydrogen-bond acceptors (Lipinski definition) is 5. The van der Waals surface area contributed by atoms with Crippen molar-refractivity contribution in [1.82, 2.24) is 14.6 Å². The topological polar surface area (TPSA) is 88.6 Å². The van der Waals surface area contributed by atoms with Crippen LogP contribution in [-0.2, 0) is 14.8 Å². The summed E-state index contributed by atoms with van der Waals surface area (Å²) in [6, 6.07) is 21.1. The molecule has 168 valence electrons. The van der Waals surface area contributed by atoms with Gasteiger partial charge in [0.2, 0.25) is 15.9 Å². The van der Waals surface area contributed by atoms with Crippen LogP contribution in [-0.4, -0.2) is 44.3 Å². The maximum Gasteiger partial charge on any atom is 0.242 e. The van der Waals surface area contributed by atoms with E-state index in [2.05, 4.69) is 10.3 Å². The summed E-state index contributed by atoms with van der Waals surface area (Å²) in [5.74, 6) is 0.420. The van der Waals surface area contributed by atoms with Crippen molar-refractivity contribution in [3.05, 3.63) is 90.3 Å². The molecule has 8 heteroatoms. The molecule has 0 aliphatic heterocycles. The van der Waals surface area contributed by atoms with Crippen molar-refractivity contribution >= 4 is 15.9 Å². The molecule has 0 spiro atoms. The van der Waals surface area contributed by atoms with Gasteiger partial charge in [0.05, 0.1) is 23.7 Å². The second kappa shape index (κ2) is 10.9. The van der Waals surface area contributed by atoms with Gasteiger partial charge in [-0.2, -0.15) is 0 Å². The Morgan fingerprint density at radius 3 is 2.34 bits per heavy atom. The summed E-state index contributed by atoms with van der Waals surface area (Å²) in [5, 5.41) is 3.02. The Morgan fingerprint density at radius 2 is 1.72 bits per heavy atom. The lowest BCUT2D eigenvalue weighted by Crippen LogP contribution is -2.32. The first-order valence-electron chi connectivity index (χ1n) is 10.3. The van der Waals surface area contributed by atoms with Crippen LogP contribution in [0.15, 0.2) is 83.9 Å². The van der Waals surface area contributed by atoms with Crippen LogP contribution in [0.5, 0.6) is 5.75 Å². The molecule has 32 heavy (non-hydrogen) atoms. The molecule has 0 fully saturated rings. The van der Waals surface area contributed by atoms with Crippen LogP contribution in [0.3, 0.4) is 0 Å². The minimum Gasteiger partial charge on any atom is -0.497 e. The Hall–Kier alpha value is -3.23. The molecule has 0 saturated heterocycles. The van der Waals surface area contributed by atoms with E-state index in [1.807, 2.05) is 48.5 Å². The standard InChI is InChI=1S/C24H27N3O4S/c1-27(32(29,30)21-15-13-20(31-2)14-16-21)18-8-12-23(28)26-24(19-9-4-3-5-10-19)22-11-6-7-17-25-22/h3-7,9-11,13-17,24H,8,12,18H2,1-2H3,(H,26,28). The van der Waals surface area contributed by atoms with Crippen LogP contribution < -0.4 is 10.1 Å². The van der Waals surface area contributed by atoms with E-state index in [-0.39, 0.29) is 29.8 Å². The summed E-state index contributed by atoms with van der Waals surface area (Å²) in [6.45, 7) is 0.224. The molecule has 1 heterocycles. The maximum absolute atomic E-state index is 12.7. The summed E-state index contributed by atoms with van der Waals surface area (Å²) in [6.07, 6.45) is 2.27. The van der Waals surface area contributed by atoms with Gasteiger partial charge in [0.15, 0.2) is 0 Å². The number of sulfonamides is 1. The number of carbonyl (C=O) groups is 1. The summed E-state index contributed by atoms with van der Waals surface area (Å²) < 4.78 is 31.8. The van der Waals surface area contributed by atoms with Gasteiger partial charge in [-0.15, -0.1) is 0 Å². The largest absolute Gasteiger partial charge is 0.497 e. The molecule has 7 nitrogen and oxygen atoms in total. The average molecular weight is 454 g/mol. The van der Waals surface area contributed by atoms with Crippen molar-refractivity contribution in [2.24, 2.45) is 0 Å². The quantitative estimate of drug-likeness (QED) is 0.508. The molecule has 1 aromatic heterocycles. The molecule has 1 unspecified atom stereocenters. The SMILES string of the molecule is COc1ccc(S(=O)(=O)N(C)CCCC(=O)NC(c2ccccc2)c2ccccn2)cc1. The second-order valence-corrected chi connectivity index (χ2v) is 9.32. The van der Waals surface area contributed by atoms with Crippen LogP contribution in [0.2, 0.25) is 0 Å². The molecule has 3 rings (SSSR count). The first kappa shape index (κ1) is 23.4. The number of ether oxygens (including phenoxy) is 1. The molecule has 0 aliphatic carbocycles. The van der Waals surface area contributed by atoms with Crippen LogP contribution in [0, 0.1) is 0 Å². The lowest BCUT2D eigenvalue weighted by Gasteiger charge is -2.20. The van der Waals surface area contributed by atoms with Gasteiger partial charge in [0.1, 0.15) is 5.75 Å². The number of carbonyl (C=O) groups excluding carboxylic acids is 1. The highest BCUT2D eigenvalue weighted by atomic mass is 32.2. The predicted octanol–water partition coefficient (Wildman–Crippen LogP) is 3.40. The van der Waals surface area contributed by atoms with E-state index in [4.69, 9.17) is 4.74 Å². The number of methoxy groups -OCH3 is 1. The Labute approximate surface area is 189 Å². The first-order chi connectivity index (χ1) is 15.4. The van der Waals surface area contributed by atoms with Crippen molar-refractivity contribution < 1.29 is 17.9 Å². The molecule has 1 amide bonds. The van der Waals surface area contributed by atoms with Crippen LogP contribution in [0.4, 0.5) is 0 Å². The number of pyridine rings is 1. The fourth-order valence-electron chi connectivity index (χ4n) is 3.26. The third-order valence-corrected chi connectivity index (χ3v) is 6.94. The van der Waals surface area contributed by atoms with E-state index in [1.54, 1.807) is 18.3 Å². The molecule has 3 aromatic rings. The number of nitrogens with zero attached hydrogens (tertiary/aromatic N) is 2. The van der Waals surface area contributed by atoms with Gasteiger partial charge in [0.25, 0.3) is 0 Å². The Bertz CT molecular complexity index is 1070. The number of rotatable bonds is 10. The molecule has 0 bridgehead atoms. The van der Waals surface area contributed by atoms with E-state index < -0.39 is 10.0 Å². The average Bonchev–Trinajstić information content (AvgIpc) is 2.83. The summed E-state index contributed by atoms with van der Waals surface area (Å²) in [7, 11) is -0.598. The van der Waals surface area contributed by atoms with Gasteiger partial charge in [-0.25, -0.2) is 12.7 Å². The molecule has 1 atom stereocenters. The van der Waals surface area contributed by atoms with Crippen LogP contribution >= 0.6 is 0 Å². The molecule has 0 saturated carbocycles. The summed E-state index contributed by atoms with van der Waals surface area (Å²) in [4.78, 5) is 17.2. The minimum atomic E-state index is -3.63.